The second kappa shape index (κ2) is 8.13. The van der Waals surface area contributed by atoms with Crippen molar-refractivity contribution >= 4 is 11.9 Å². The summed E-state index contributed by atoms with van der Waals surface area (Å²) in [4.78, 5) is 24.3. The third-order valence-corrected chi connectivity index (χ3v) is 6.56. The number of carbonyl (C=O) groups excluding carboxylic acids is 1. The molecule has 0 radical (unpaired) electrons. The van der Waals surface area contributed by atoms with Crippen molar-refractivity contribution in [2.75, 3.05) is 14.2 Å². The Kier molecular flexibility index (Phi) is 5.52. The molecule has 0 saturated heterocycles. The van der Waals surface area contributed by atoms with E-state index in [0.717, 1.165) is 23.1 Å². The van der Waals surface area contributed by atoms with E-state index >= 15 is 0 Å². The maximum atomic E-state index is 12.2. The maximum absolute atomic E-state index is 12.2. The van der Waals surface area contributed by atoms with Crippen LogP contribution in [0, 0.1) is 5.41 Å². The molecule has 31 heavy (non-hydrogen) atoms. The number of nitrogens with one attached hydrogen (secondary N) is 1. The third kappa shape index (κ3) is 3.28. The van der Waals surface area contributed by atoms with Gasteiger partial charge < -0.3 is 24.6 Å². The van der Waals surface area contributed by atoms with Gasteiger partial charge in [0.2, 0.25) is 5.75 Å². The number of hydrogen-bond donors (Lipinski definition) is 2. The number of benzene rings is 2. The Morgan fingerprint density at radius 1 is 1.10 bits per heavy atom. The molecular weight excluding hydrogens is 398 g/mol. The predicted molar refractivity (Wildman–Crippen MR) is 115 cm³/mol. The van der Waals surface area contributed by atoms with Gasteiger partial charge in [-0.15, -0.1) is 0 Å². The molecule has 1 aliphatic heterocycles. The average Bonchev–Trinajstić information content (AvgIpc) is 3.12. The van der Waals surface area contributed by atoms with Crippen LogP contribution in [0.25, 0.3) is 11.1 Å². The van der Waals surface area contributed by atoms with Crippen LogP contribution in [0.15, 0.2) is 30.3 Å². The normalized spacial score (nSPS) is 17.2. The largest absolute Gasteiger partial charge is 0.493 e. The van der Waals surface area contributed by atoms with Gasteiger partial charge in [0.25, 0.3) is 5.91 Å². The van der Waals surface area contributed by atoms with Crippen molar-refractivity contribution in [3.05, 3.63) is 41.5 Å². The molecule has 1 aliphatic carbocycles. The van der Waals surface area contributed by atoms with Crippen LogP contribution in [0.3, 0.4) is 0 Å². The molecule has 1 heterocycles. The number of carboxylic acids is 1. The summed E-state index contributed by atoms with van der Waals surface area (Å²) in [5, 5.41) is 12.8. The van der Waals surface area contributed by atoms with Crippen LogP contribution in [0.5, 0.6) is 17.2 Å². The lowest BCUT2D eigenvalue weighted by atomic mass is 9.64. The monoisotopic (exact) mass is 425 g/mol. The lowest BCUT2D eigenvalue weighted by molar-refractivity contribution is -0.163. The number of aliphatic carboxylic acids is 1. The number of hydrogen-bond acceptors (Lipinski definition) is 5. The maximum Gasteiger partial charge on any atom is 0.313 e. The third-order valence-electron chi connectivity index (χ3n) is 6.56. The Hall–Kier alpha value is -3.22. The lowest BCUT2D eigenvalue weighted by Gasteiger charge is -2.43. The Morgan fingerprint density at radius 2 is 1.84 bits per heavy atom. The minimum absolute atomic E-state index is 0.106. The highest BCUT2D eigenvalue weighted by molar-refractivity contribution is 6.01. The highest BCUT2D eigenvalue weighted by Crippen LogP contribution is 2.51. The molecule has 2 aliphatic rings. The van der Waals surface area contributed by atoms with Crippen molar-refractivity contribution < 1.29 is 28.9 Å². The van der Waals surface area contributed by atoms with Gasteiger partial charge in [-0.05, 0) is 48.6 Å². The zero-order valence-electron chi connectivity index (χ0n) is 18.0. The molecule has 1 amide bonds. The Bertz CT molecular complexity index is 1030. The van der Waals surface area contributed by atoms with Crippen LogP contribution in [-0.4, -0.2) is 37.3 Å². The fraction of sp³-hybridized carbons (Fsp3) is 0.417. The van der Waals surface area contributed by atoms with E-state index in [4.69, 9.17) is 14.2 Å². The number of carboxylic acid groups (broad SMARTS) is 1. The summed E-state index contributed by atoms with van der Waals surface area (Å²) < 4.78 is 17.6. The topological polar surface area (TPSA) is 94.1 Å². The highest BCUT2D eigenvalue weighted by atomic mass is 16.5. The van der Waals surface area contributed by atoms with Crippen molar-refractivity contribution in [2.24, 2.45) is 5.41 Å². The minimum atomic E-state index is -0.906. The summed E-state index contributed by atoms with van der Waals surface area (Å²) >= 11 is 0. The Balaban J connectivity index is 1.87. The quantitative estimate of drug-likeness (QED) is 0.663. The van der Waals surface area contributed by atoms with Gasteiger partial charge in [-0.2, -0.15) is 0 Å². The first-order valence-corrected chi connectivity index (χ1v) is 10.5. The smallest absolute Gasteiger partial charge is 0.313 e. The molecule has 1 unspecified atom stereocenters. The van der Waals surface area contributed by atoms with E-state index < -0.39 is 17.5 Å². The zero-order chi connectivity index (χ0) is 22.2. The zero-order valence-corrected chi connectivity index (χ0v) is 18.0. The van der Waals surface area contributed by atoms with Crippen LogP contribution in [-0.2, 0) is 11.3 Å². The van der Waals surface area contributed by atoms with Gasteiger partial charge in [0.1, 0.15) is 11.5 Å². The summed E-state index contributed by atoms with van der Waals surface area (Å²) in [5.74, 6) is 0.410. The summed E-state index contributed by atoms with van der Waals surface area (Å²) in [7, 11) is 3.08. The van der Waals surface area contributed by atoms with Crippen LogP contribution in [0.2, 0.25) is 0 Å². The molecule has 1 saturated carbocycles. The van der Waals surface area contributed by atoms with E-state index in [0.29, 0.717) is 48.6 Å². The lowest BCUT2D eigenvalue weighted by Crippen LogP contribution is -2.50. The van der Waals surface area contributed by atoms with Gasteiger partial charge in [-0.1, -0.05) is 25.5 Å². The van der Waals surface area contributed by atoms with Crippen LogP contribution in [0.1, 0.15) is 48.5 Å². The summed E-state index contributed by atoms with van der Waals surface area (Å²) in [6.45, 7) is 2.36. The molecule has 2 aromatic rings. The van der Waals surface area contributed by atoms with Crippen molar-refractivity contribution in [3.63, 3.8) is 0 Å². The fourth-order valence-electron chi connectivity index (χ4n) is 4.69. The summed E-state index contributed by atoms with van der Waals surface area (Å²) in [6, 6.07) is 9.23. The van der Waals surface area contributed by atoms with Gasteiger partial charge in [-0.3, -0.25) is 9.59 Å². The van der Waals surface area contributed by atoms with E-state index in [2.05, 4.69) is 5.32 Å². The van der Waals surface area contributed by atoms with E-state index in [1.807, 2.05) is 25.1 Å². The van der Waals surface area contributed by atoms with Gasteiger partial charge in [0.15, 0.2) is 11.5 Å². The number of rotatable bonds is 8. The summed E-state index contributed by atoms with van der Waals surface area (Å²) in [5.41, 5.74) is 2.19. The van der Waals surface area contributed by atoms with Gasteiger partial charge in [-0.25, -0.2) is 0 Å². The molecule has 0 bridgehead atoms. The molecule has 1 atom stereocenters. The molecule has 2 aromatic carbocycles. The summed E-state index contributed by atoms with van der Waals surface area (Å²) in [6.07, 6.45) is 2.06. The van der Waals surface area contributed by atoms with Crippen molar-refractivity contribution in [1.82, 2.24) is 5.32 Å². The van der Waals surface area contributed by atoms with E-state index in [-0.39, 0.29) is 5.91 Å². The van der Waals surface area contributed by atoms with Gasteiger partial charge in [0, 0.05) is 17.7 Å². The molecule has 0 spiro atoms. The fourth-order valence-corrected chi connectivity index (χ4v) is 4.69. The van der Waals surface area contributed by atoms with E-state index in [9.17, 15) is 14.7 Å². The molecular formula is C24H27NO6. The molecule has 2 N–H and O–H groups in total. The van der Waals surface area contributed by atoms with Crippen molar-refractivity contribution in [1.29, 1.82) is 0 Å². The van der Waals surface area contributed by atoms with Gasteiger partial charge >= 0.3 is 5.97 Å². The molecule has 164 valence electrons. The Morgan fingerprint density at radius 3 is 2.42 bits per heavy atom. The van der Waals surface area contributed by atoms with Crippen molar-refractivity contribution in [2.45, 2.75) is 45.3 Å². The predicted octanol–water partition coefficient (Wildman–Crippen LogP) is 4.03. The van der Waals surface area contributed by atoms with Crippen LogP contribution < -0.4 is 19.5 Å². The van der Waals surface area contributed by atoms with E-state index in [1.165, 1.54) is 7.11 Å². The highest BCUT2D eigenvalue weighted by Gasteiger charge is 2.52. The first-order chi connectivity index (χ1) is 15.0. The molecule has 1 fully saturated rings. The van der Waals surface area contributed by atoms with Crippen LogP contribution in [0.4, 0.5) is 0 Å². The molecule has 7 heteroatoms. The molecule has 0 aromatic heterocycles. The minimum Gasteiger partial charge on any atom is -0.493 e. The number of carbonyl (C=O) groups is 2. The Labute approximate surface area is 181 Å². The molecule has 4 rings (SSSR count). The SMILES string of the molecule is CCC(Oc1c(-c2cccc3c2CNC3=O)ccc(OC)c1OC)C1(C(=O)O)CCC1. The van der Waals surface area contributed by atoms with Gasteiger partial charge in [0.05, 0.1) is 14.2 Å². The van der Waals surface area contributed by atoms with Crippen molar-refractivity contribution in [3.8, 4) is 28.4 Å². The average molecular weight is 425 g/mol. The first-order valence-electron chi connectivity index (χ1n) is 10.5. The number of methoxy groups -OCH3 is 2. The standard InChI is InChI=1S/C24H27NO6/c1-4-19(24(23(27)28)11-6-12-24)31-20-15(9-10-18(29-2)21(20)30-3)14-7-5-8-16-17(14)13-25-22(16)26/h5,7-10,19H,4,6,11-13H2,1-3H3,(H,25,26)(H,27,28). The van der Waals surface area contributed by atoms with Crippen LogP contribution >= 0.6 is 0 Å². The van der Waals surface area contributed by atoms with E-state index in [1.54, 1.807) is 19.2 Å². The number of ether oxygens (including phenoxy) is 3. The molecule has 7 nitrogen and oxygen atoms in total. The first kappa shape index (κ1) is 21.0. The number of fused-ring (bicyclic) bond motifs is 1. The second-order valence-electron chi connectivity index (χ2n) is 8.02. The number of amides is 1. The second-order valence-corrected chi connectivity index (χ2v) is 8.02.